The molecule has 4 nitrogen and oxygen atoms in total. The number of benzene rings is 1. The number of rotatable bonds is 2. The van der Waals surface area contributed by atoms with Crippen molar-refractivity contribution in [2.75, 3.05) is 13.1 Å². The molecule has 0 atom stereocenters. The van der Waals surface area contributed by atoms with Gasteiger partial charge in [0.15, 0.2) is 0 Å². The first-order chi connectivity index (χ1) is 10.1. The first-order valence-electron chi connectivity index (χ1n) is 6.60. The number of carboxylic acids is 1. The fourth-order valence-corrected chi connectivity index (χ4v) is 2.18. The van der Waals surface area contributed by atoms with Crippen LogP contribution in [0.4, 0.5) is 13.2 Å². The maximum absolute atomic E-state index is 10.6. The van der Waals surface area contributed by atoms with Crippen LogP contribution < -0.4 is 5.32 Å². The van der Waals surface area contributed by atoms with E-state index in [1.54, 1.807) is 0 Å². The second-order valence-electron chi connectivity index (χ2n) is 5.08. The average Bonchev–Trinajstić information content (AvgIpc) is 2.41. The lowest BCUT2D eigenvalue weighted by molar-refractivity contribution is -0.192. The number of nitrogens with one attached hydrogen (secondary N) is 1. The zero-order valence-electron chi connectivity index (χ0n) is 11.7. The third kappa shape index (κ3) is 6.64. The maximum Gasteiger partial charge on any atom is 0.490 e. The van der Waals surface area contributed by atoms with Crippen molar-refractivity contribution in [2.24, 2.45) is 0 Å². The molecular weight excluding hydrogens is 323 g/mol. The lowest BCUT2D eigenvalue weighted by atomic mass is 9.86. The lowest BCUT2D eigenvalue weighted by Gasteiger charge is -2.32. The van der Waals surface area contributed by atoms with E-state index in [1.165, 1.54) is 0 Å². The minimum Gasteiger partial charge on any atom is -0.475 e. The van der Waals surface area contributed by atoms with Gasteiger partial charge in [0.2, 0.25) is 0 Å². The third-order valence-electron chi connectivity index (χ3n) is 3.22. The molecule has 22 heavy (non-hydrogen) atoms. The van der Waals surface area contributed by atoms with Crippen LogP contribution in [0.1, 0.15) is 18.4 Å². The van der Waals surface area contributed by atoms with E-state index in [4.69, 9.17) is 21.5 Å². The predicted molar refractivity (Wildman–Crippen MR) is 75.9 cm³/mol. The number of hydrogen-bond acceptors (Lipinski definition) is 3. The van der Waals surface area contributed by atoms with Crippen LogP contribution in [0.3, 0.4) is 0 Å². The first-order valence-corrected chi connectivity index (χ1v) is 6.98. The summed E-state index contributed by atoms with van der Waals surface area (Å²) in [5.41, 5.74) is 0.628. The van der Waals surface area contributed by atoms with Crippen molar-refractivity contribution in [3.8, 4) is 0 Å². The molecule has 1 aliphatic rings. The van der Waals surface area contributed by atoms with Gasteiger partial charge in [-0.3, -0.25) is 0 Å². The molecule has 0 amide bonds. The fraction of sp³-hybridized carbons (Fsp3) is 0.500. The largest absolute Gasteiger partial charge is 0.490 e. The highest BCUT2D eigenvalue weighted by atomic mass is 35.5. The molecule has 0 radical (unpaired) electrons. The van der Waals surface area contributed by atoms with Crippen LogP contribution in [0.25, 0.3) is 0 Å². The quantitative estimate of drug-likeness (QED) is 0.774. The van der Waals surface area contributed by atoms with Crippen molar-refractivity contribution in [1.82, 2.24) is 5.32 Å². The number of halogens is 4. The number of aliphatic hydroxyl groups is 1. The van der Waals surface area contributed by atoms with Crippen LogP contribution in [0, 0.1) is 0 Å². The summed E-state index contributed by atoms with van der Waals surface area (Å²) >= 11 is 5.82. The molecule has 124 valence electrons. The Labute approximate surface area is 130 Å². The highest BCUT2D eigenvalue weighted by molar-refractivity contribution is 6.30. The molecule has 1 saturated heterocycles. The van der Waals surface area contributed by atoms with Crippen LogP contribution in [0.2, 0.25) is 5.02 Å². The van der Waals surface area contributed by atoms with Crippen LogP contribution >= 0.6 is 11.6 Å². The van der Waals surface area contributed by atoms with Gasteiger partial charge in [0.25, 0.3) is 0 Å². The molecule has 1 aromatic carbocycles. The molecule has 0 spiro atoms. The highest BCUT2D eigenvalue weighted by Gasteiger charge is 2.38. The van der Waals surface area contributed by atoms with Gasteiger partial charge >= 0.3 is 12.1 Å². The molecule has 0 aromatic heterocycles. The van der Waals surface area contributed by atoms with Gasteiger partial charge in [-0.05, 0) is 43.6 Å². The molecule has 0 bridgehead atoms. The standard InChI is InChI=1S/C12H16ClNO.C2HF3O2/c13-11-3-1-10(2-4-11)9-12(15)5-7-14-8-6-12;3-2(4,5)1(6)7/h1-4,14-15H,5-9H2;(H,6,7). The molecule has 2 rings (SSSR count). The van der Waals surface area contributed by atoms with E-state index in [-0.39, 0.29) is 0 Å². The van der Waals surface area contributed by atoms with Gasteiger partial charge in [-0.1, -0.05) is 23.7 Å². The molecule has 0 saturated carbocycles. The summed E-state index contributed by atoms with van der Waals surface area (Å²) in [7, 11) is 0. The Morgan fingerprint density at radius 2 is 1.68 bits per heavy atom. The molecule has 1 aromatic rings. The number of aliphatic carboxylic acids is 1. The Morgan fingerprint density at radius 1 is 1.23 bits per heavy atom. The van der Waals surface area contributed by atoms with Gasteiger partial charge in [0, 0.05) is 11.4 Å². The van der Waals surface area contributed by atoms with E-state index in [0.717, 1.165) is 42.9 Å². The smallest absolute Gasteiger partial charge is 0.475 e. The van der Waals surface area contributed by atoms with Crippen LogP contribution in [0.15, 0.2) is 24.3 Å². The van der Waals surface area contributed by atoms with E-state index in [2.05, 4.69) is 5.32 Å². The Kier molecular flexibility index (Phi) is 6.65. The maximum atomic E-state index is 10.6. The lowest BCUT2D eigenvalue weighted by Crippen LogP contribution is -2.43. The van der Waals surface area contributed by atoms with Crippen molar-refractivity contribution < 1.29 is 28.2 Å². The zero-order valence-corrected chi connectivity index (χ0v) is 12.4. The van der Waals surface area contributed by atoms with E-state index in [9.17, 15) is 18.3 Å². The van der Waals surface area contributed by atoms with Gasteiger partial charge in [-0.15, -0.1) is 0 Å². The monoisotopic (exact) mass is 339 g/mol. The SMILES string of the molecule is O=C(O)C(F)(F)F.OC1(Cc2ccc(Cl)cc2)CCNCC1. The van der Waals surface area contributed by atoms with E-state index >= 15 is 0 Å². The minimum absolute atomic E-state index is 0.529. The summed E-state index contributed by atoms with van der Waals surface area (Å²) in [6.45, 7) is 1.81. The number of carboxylic acid groups (broad SMARTS) is 1. The van der Waals surface area contributed by atoms with Gasteiger partial charge in [-0.2, -0.15) is 13.2 Å². The zero-order chi connectivity index (χ0) is 16.8. The van der Waals surface area contributed by atoms with Crippen LogP contribution in [0.5, 0.6) is 0 Å². The number of carbonyl (C=O) groups is 1. The summed E-state index contributed by atoms with van der Waals surface area (Å²) in [4.78, 5) is 8.90. The fourth-order valence-electron chi connectivity index (χ4n) is 2.05. The van der Waals surface area contributed by atoms with Crippen molar-refractivity contribution in [1.29, 1.82) is 0 Å². The van der Waals surface area contributed by atoms with E-state index < -0.39 is 17.7 Å². The Balaban J connectivity index is 0.000000295. The molecule has 1 fully saturated rings. The van der Waals surface area contributed by atoms with E-state index in [1.807, 2.05) is 24.3 Å². The predicted octanol–water partition coefficient (Wildman–Crippen LogP) is 2.63. The molecule has 0 aliphatic carbocycles. The van der Waals surface area contributed by atoms with Gasteiger partial charge < -0.3 is 15.5 Å². The second kappa shape index (κ2) is 7.80. The molecular formula is C14H17ClF3NO3. The van der Waals surface area contributed by atoms with Crippen molar-refractivity contribution >= 4 is 17.6 Å². The normalized spacial score (nSPS) is 17.3. The number of hydrogen-bond donors (Lipinski definition) is 3. The number of alkyl halides is 3. The summed E-state index contributed by atoms with van der Waals surface area (Å²) < 4.78 is 31.7. The summed E-state index contributed by atoms with van der Waals surface area (Å²) in [6.07, 6.45) is -2.70. The third-order valence-corrected chi connectivity index (χ3v) is 3.48. The second-order valence-corrected chi connectivity index (χ2v) is 5.52. The number of piperidine rings is 1. The average molecular weight is 340 g/mol. The first kappa shape index (κ1) is 18.7. The Bertz CT molecular complexity index is 485. The molecule has 1 heterocycles. The minimum atomic E-state index is -5.08. The summed E-state index contributed by atoms with van der Waals surface area (Å²) in [5.74, 6) is -2.76. The van der Waals surface area contributed by atoms with E-state index in [0.29, 0.717) is 0 Å². The molecule has 0 unspecified atom stereocenters. The van der Waals surface area contributed by atoms with Gasteiger partial charge in [0.1, 0.15) is 0 Å². The van der Waals surface area contributed by atoms with Crippen molar-refractivity contribution in [2.45, 2.75) is 31.0 Å². The van der Waals surface area contributed by atoms with Crippen molar-refractivity contribution in [3.63, 3.8) is 0 Å². The Hall–Kier alpha value is -1.31. The summed E-state index contributed by atoms with van der Waals surface area (Å²) in [6, 6.07) is 7.73. The van der Waals surface area contributed by atoms with Crippen molar-refractivity contribution in [3.05, 3.63) is 34.9 Å². The molecule has 1 aliphatic heterocycles. The topological polar surface area (TPSA) is 69.6 Å². The van der Waals surface area contributed by atoms with Gasteiger partial charge in [0.05, 0.1) is 5.60 Å². The van der Waals surface area contributed by atoms with Gasteiger partial charge in [-0.25, -0.2) is 4.79 Å². The Morgan fingerprint density at radius 3 is 2.09 bits per heavy atom. The van der Waals surface area contributed by atoms with Crippen LogP contribution in [-0.2, 0) is 11.2 Å². The highest BCUT2D eigenvalue weighted by Crippen LogP contribution is 2.23. The van der Waals surface area contributed by atoms with Crippen LogP contribution in [-0.4, -0.2) is 41.0 Å². The molecule has 8 heteroatoms. The summed E-state index contributed by atoms with van der Waals surface area (Å²) in [5, 5.41) is 21.4. The molecule has 3 N–H and O–H groups in total.